The molecule has 1 aromatic carbocycles. The highest BCUT2D eigenvalue weighted by Gasteiger charge is 2.22. The summed E-state index contributed by atoms with van der Waals surface area (Å²) in [5.74, 6) is -0.432. The number of aliphatic hydroxyl groups is 1. The van der Waals surface area contributed by atoms with Gasteiger partial charge < -0.3 is 15.2 Å². The van der Waals surface area contributed by atoms with E-state index in [0.717, 1.165) is 10.7 Å². The first-order chi connectivity index (χ1) is 12.9. The molecule has 1 unspecified atom stereocenters. The number of nitrogens with zero attached hydrogens (tertiary/aromatic N) is 2. The van der Waals surface area contributed by atoms with Crippen LogP contribution < -0.4 is 16.2 Å². The number of rotatable bonds is 6. The molecule has 4 N–H and O–H groups in total. The van der Waals surface area contributed by atoms with Crippen LogP contribution in [0.4, 0.5) is 5.69 Å². The highest BCUT2D eigenvalue weighted by Crippen LogP contribution is 2.15. The maximum Gasteiger partial charge on any atom is 0.337 e. The molecule has 10 heteroatoms. The lowest BCUT2D eigenvalue weighted by molar-refractivity contribution is 0.0164. The van der Waals surface area contributed by atoms with Gasteiger partial charge >= 0.3 is 5.97 Å². The molecule has 0 radical (unpaired) electrons. The van der Waals surface area contributed by atoms with E-state index in [1.807, 2.05) is 22.2 Å². The number of methoxy groups -OCH3 is 1. The lowest BCUT2D eigenvalue weighted by atomic mass is 10.1. The molecule has 8 nitrogen and oxygen atoms in total. The Morgan fingerprint density at radius 2 is 2.30 bits per heavy atom. The molecule has 0 aliphatic rings. The van der Waals surface area contributed by atoms with Gasteiger partial charge in [-0.2, -0.15) is 0 Å². The first kappa shape index (κ1) is 19.2. The molecule has 0 saturated carbocycles. The molecule has 3 rings (SSSR count). The maximum atomic E-state index is 11.6. The van der Waals surface area contributed by atoms with E-state index in [1.165, 1.54) is 18.4 Å². The zero-order valence-electron chi connectivity index (χ0n) is 14.7. The SMILES string of the molecule is COC(=O)c1cccc(NC(=S)NNC(C)(O)Cc2cn3ccsc3n2)c1. The van der Waals surface area contributed by atoms with E-state index in [9.17, 15) is 9.90 Å². The number of thiazole rings is 1. The molecule has 0 aliphatic carbocycles. The van der Waals surface area contributed by atoms with Crippen molar-refractivity contribution in [1.29, 1.82) is 0 Å². The van der Waals surface area contributed by atoms with Crippen LogP contribution >= 0.6 is 23.6 Å². The van der Waals surface area contributed by atoms with Crippen LogP contribution in [0.2, 0.25) is 0 Å². The molecule has 27 heavy (non-hydrogen) atoms. The quantitative estimate of drug-likeness (QED) is 0.214. The van der Waals surface area contributed by atoms with Crippen molar-refractivity contribution < 1.29 is 14.6 Å². The summed E-state index contributed by atoms with van der Waals surface area (Å²) in [5.41, 5.74) is 6.04. The minimum atomic E-state index is -1.27. The van der Waals surface area contributed by atoms with Crippen molar-refractivity contribution in [3.8, 4) is 0 Å². The van der Waals surface area contributed by atoms with Crippen molar-refractivity contribution in [3.05, 3.63) is 53.3 Å². The zero-order valence-corrected chi connectivity index (χ0v) is 16.4. The summed E-state index contributed by atoms with van der Waals surface area (Å²) in [4.78, 5) is 16.9. The largest absolute Gasteiger partial charge is 0.465 e. The third-order valence-electron chi connectivity index (χ3n) is 3.66. The Kier molecular flexibility index (Phi) is 5.71. The lowest BCUT2D eigenvalue weighted by Gasteiger charge is -2.25. The summed E-state index contributed by atoms with van der Waals surface area (Å²) in [7, 11) is 1.32. The monoisotopic (exact) mass is 405 g/mol. The highest BCUT2D eigenvalue weighted by molar-refractivity contribution is 7.80. The normalized spacial score (nSPS) is 13.1. The molecule has 2 aromatic heterocycles. The van der Waals surface area contributed by atoms with Gasteiger partial charge in [0, 0.05) is 29.9 Å². The second-order valence-electron chi connectivity index (χ2n) is 6.05. The third-order valence-corrected chi connectivity index (χ3v) is 4.63. The third kappa shape index (κ3) is 5.01. The average molecular weight is 406 g/mol. The van der Waals surface area contributed by atoms with E-state index in [0.29, 0.717) is 11.3 Å². The Morgan fingerprint density at radius 1 is 1.48 bits per heavy atom. The van der Waals surface area contributed by atoms with E-state index >= 15 is 0 Å². The standard InChI is InChI=1S/C17H19N5O3S2/c1-17(24,9-13-10-22-6-7-27-16(22)19-13)21-20-15(26)18-12-5-3-4-11(8-12)14(23)25-2/h3-8,10,21,24H,9H2,1-2H3,(H2,18,20,26). The summed E-state index contributed by atoms with van der Waals surface area (Å²) in [6.07, 6.45) is 4.07. The number of aromatic nitrogens is 2. The first-order valence-electron chi connectivity index (χ1n) is 8.02. The van der Waals surface area contributed by atoms with Crippen LogP contribution in [0.25, 0.3) is 4.96 Å². The number of fused-ring (bicyclic) bond motifs is 1. The number of anilines is 1. The van der Waals surface area contributed by atoms with Crippen LogP contribution in [0.15, 0.2) is 42.0 Å². The Labute approximate surface area is 165 Å². The number of carbonyl (C=O) groups is 1. The van der Waals surface area contributed by atoms with Gasteiger partial charge in [0.05, 0.1) is 18.4 Å². The Morgan fingerprint density at radius 3 is 3.04 bits per heavy atom. The van der Waals surface area contributed by atoms with Crippen molar-refractivity contribution in [3.63, 3.8) is 0 Å². The zero-order chi connectivity index (χ0) is 19.4. The topological polar surface area (TPSA) is 99.9 Å². The number of nitrogens with one attached hydrogen (secondary N) is 3. The molecule has 0 aliphatic heterocycles. The van der Waals surface area contributed by atoms with Gasteiger partial charge in [0.1, 0.15) is 5.72 Å². The number of esters is 1. The van der Waals surface area contributed by atoms with E-state index in [-0.39, 0.29) is 11.5 Å². The van der Waals surface area contributed by atoms with Crippen LogP contribution in [0, 0.1) is 0 Å². The lowest BCUT2D eigenvalue weighted by Crippen LogP contribution is -2.54. The number of benzene rings is 1. The summed E-state index contributed by atoms with van der Waals surface area (Å²) in [5, 5.41) is 15.6. The Balaban J connectivity index is 1.54. The number of carbonyl (C=O) groups excluding carboxylic acids is 1. The van der Waals surface area contributed by atoms with Crippen molar-refractivity contribution in [2.75, 3.05) is 12.4 Å². The number of hydrogen-bond acceptors (Lipinski definition) is 7. The molecule has 0 spiro atoms. The van der Waals surface area contributed by atoms with Gasteiger partial charge in [-0.25, -0.2) is 15.2 Å². The second-order valence-corrected chi connectivity index (χ2v) is 7.33. The fourth-order valence-corrected chi connectivity index (χ4v) is 3.34. The maximum absolute atomic E-state index is 11.6. The van der Waals surface area contributed by atoms with Crippen molar-refractivity contribution in [1.82, 2.24) is 20.2 Å². The van der Waals surface area contributed by atoms with Gasteiger partial charge in [0.2, 0.25) is 0 Å². The molecule has 3 aromatic rings. The van der Waals surface area contributed by atoms with Crippen molar-refractivity contribution in [2.24, 2.45) is 0 Å². The summed E-state index contributed by atoms with van der Waals surface area (Å²) in [6, 6.07) is 6.74. The molecule has 2 heterocycles. The number of hydrazine groups is 1. The predicted octanol–water partition coefficient (Wildman–Crippen LogP) is 1.92. The molecular weight excluding hydrogens is 386 g/mol. The van der Waals surface area contributed by atoms with Gasteiger partial charge in [-0.15, -0.1) is 11.3 Å². The summed E-state index contributed by atoms with van der Waals surface area (Å²) >= 11 is 6.74. The van der Waals surface area contributed by atoms with Gasteiger partial charge in [-0.3, -0.25) is 9.83 Å². The van der Waals surface area contributed by atoms with Crippen LogP contribution in [0.3, 0.4) is 0 Å². The molecule has 142 valence electrons. The number of thiocarbonyl (C=S) groups is 1. The molecule has 0 bridgehead atoms. The highest BCUT2D eigenvalue weighted by atomic mass is 32.1. The molecular formula is C17H19N5O3S2. The van der Waals surface area contributed by atoms with Gasteiger partial charge in [-0.05, 0) is 37.3 Å². The van der Waals surface area contributed by atoms with Crippen LogP contribution in [-0.2, 0) is 11.2 Å². The fourth-order valence-electron chi connectivity index (χ4n) is 2.45. The molecule has 1 atom stereocenters. The van der Waals surface area contributed by atoms with E-state index in [4.69, 9.17) is 17.0 Å². The van der Waals surface area contributed by atoms with Crippen LogP contribution in [0.5, 0.6) is 0 Å². The van der Waals surface area contributed by atoms with Crippen LogP contribution in [0.1, 0.15) is 23.0 Å². The van der Waals surface area contributed by atoms with Crippen molar-refractivity contribution in [2.45, 2.75) is 19.1 Å². The van der Waals surface area contributed by atoms with Gasteiger partial charge in [-0.1, -0.05) is 6.07 Å². The van der Waals surface area contributed by atoms with Crippen LogP contribution in [-0.4, -0.2) is 38.4 Å². The van der Waals surface area contributed by atoms with E-state index < -0.39 is 11.7 Å². The summed E-state index contributed by atoms with van der Waals surface area (Å²) in [6.45, 7) is 1.62. The molecule has 0 saturated heterocycles. The van der Waals surface area contributed by atoms with Gasteiger partial charge in [0.25, 0.3) is 0 Å². The number of imidazole rings is 1. The number of hydrogen-bond donors (Lipinski definition) is 4. The minimum absolute atomic E-state index is 0.239. The minimum Gasteiger partial charge on any atom is -0.465 e. The average Bonchev–Trinajstić information content (AvgIpc) is 3.20. The molecule has 0 amide bonds. The Bertz CT molecular complexity index is 938. The fraction of sp³-hybridized carbons (Fsp3) is 0.235. The first-order valence-corrected chi connectivity index (χ1v) is 9.31. The van der Waals surface area contributed by atoms with Crippen molar-refractivity contribution >= 4 is 45.3 Å². The Hall–Kier alpha value is -2.53. The smallest absolute Gasteiger partial charge is 0.337 e. The van der Waals surface area contributed by atoms with E-state index in [2.05, 4.69) is 21.2 Å². The number of ether oxygens (including phenoxy) is 1. The second kappa shape index (κ2) is 8.01. The van der Waals surface area contributed by atoms with E-state index in [1.54, 1.807) is 31.2 Å². The van der Waals surface area contributed by atoms with Gasteiger partial charge in [0.15, 0.2) is 10.1 Å². The molecule has 0 fully saturated rings. The summed E-state index contributed by atoms with van der Waals surface area (Å²) < 4.78 is 6.60. The predicted molar refractivity (Wildman–Crippen MR) is 108 cm³/mol.